The third-order valence-electron chi connectivity index (χ3n) is 3.57. The van der Waals surface area contributed by atoms with Crippen molar-refractivity contribution in [2.24, 2.45) is 0 Å². The molecular weight excluding hydrogens is 428 g/mol. The number of aryl methyl sites for hydroxylation is 1. The number of nitro groups is 1. The maximum Gasteiger partial charge on any atom is 0.326 e. The first-order valence-electron chi connectivity index (χ1n) is 7.27. The van der Waals surface area contributed by atoms with E-state index in [0.29, 0.717) is 10.0 Å². The number of non-ortho nitro benzene ring substituents is 1. The van der Waals surface area contributed by atoms with E-state index in [1.807, 2.05) is 0 Å². The molecule has 0 fully saturated rings. The van der Waals surface area contributed by atoms with Gasteiger partial charge >= 0.3 is 5.97 Å². The molecule has 0 aliphatic heterocycles. The van der Waals surface area contributed by atoms with E-state index in [-0.39, 0.29) is 16.3 Å². The predicted octanol–water partition coefficient (Wildman–Crippen LogP) is 3.03. The molecule has 0 aliphatic rings. The molecule has 8 nitrogen and oxygen atoms in total. The standard InChI is InChI=1S/C16H15BrN2O6S/c1-11-7-8-12(19(21)22)9-15(11)26(23,24)18(10-16(20)25-2)14-6-4-3-5-13(14)17/h3-9H,10H2,1-2H3. The lowest BCUT2D eigenvalue weighted by Gasteiger charge is -2.25. The zero-order chi connectivity index (χ0) is 19.5. The van der Waals surface area contributed by atoms with E-state index in [1.165, 1.54) is 25.1 Å². The Hall–Kier alpha value is -2.46. The number of anilines is 1. The molecule has 0 bridgehead atoms. The van der Waals surface area contributed by atoms with E-state index >= 15 is 0 Å². The average Bonchev–Trinajstić information content (AvgIpc) is 2.60. The van der Waals surface area contributed by atoms with Crippen LogP contribution in [-0.2, 0) is 19.6 Å². The molecular formula is C16H15BrN2O6S. The molecule has 2 aromatic carbocycles. The van der Waals surface area contributed by atoms with Crippen LogP contribution in [0.25, 0.3) is 0 Å². The second-order valence-electron chi connectivity index (χ2n) is 5.25. The molecule has 2 aromatic rings. The fraction of sp³-hybridized carbons (Fsp3) is 0.188. The molecule has 2 rings (SSSR count). The number of rotatable bonds is 6. The largest absolute Gasteiger partial charge is 0.468 e. The lowest BCUT2D eigenvalue weighted by atomic mass is 10.2. The van der Waals surface area contributed by atoms with Crippen molar-refractivity contribution in [2.75, 3.05) is 18.0 Å². The Bertz CT molecular complexity index is 961. The molecule has 0 radical (unpaired) electrons. The highest BCUT2D eigenvalue weighted by Crippen LogP contribution is 2.32. The van der Waals surface area contributed by atoms with Gasteiger partial charge in [0.25, 0.3) is 15.7 Å². The van der Waals surface area contributed by atoms with Gasteiger partial charge < -0.3 is 4.74 Å². The van der Waals surface area contributed by atoms with E-state index < -0.39 is 27.5 Å². The van der Waals surface area contributed by atoms with Crippen molar-refractivity contribution in [2.45, 2.75) is 11.8 Å². The first kappa shape index (κ1) is 19.9. The summed E-state index contributed by atoms with van der Waals surface area (Å²) in [5.74, 6) is -0.771. The number of methoxy groups -OCH3 is 1. The van der Waals surface area contributed by atoms with Crippen LogP contribution in [0.1, 0.15) is 5.56 Å². The summed E-state index contributed by atoms with van der Waals surface area (Å²) < 4.78 is 32.3. The number of ether oxygens (including phenoxy) is 1. The number of carbonyl (C=O) groups is 1. The summed E-state index contributed by atoms with van der Waals surface area (Å²) in [5, 5.41) is 11.0. The zero-order valence-electron chi connectivity index (χ0n) is 13.9. The summed E-state index contributed by atoms with van der Waals surface area (Å²) in [6.07, 6.45) is 0. The van der Waals surface area contributed by atoms with Crippen molar-refractivity contribution in [3.05, 3.63) is 62.6 Å². The topological polar surface area (TPSA) is 107 Å². The van der Waals surface area contributed by atoms with Crippen molar-refractivity contribution >= 4 is 43.3 Å². The molecule has 0 atom stereocenters. The van der Waals surface area contributed by atoms with Crippen LogP contribution in [0.2, 0.25) is 0 Å². The van der Waals surface area contributed by atoms with Gasteiger partial charge in [-0.15, -0.1) is 0 Å². The van der Waals surface area contributed by atoms with Gasteiger partial charge in [0.1, 0.15) is 6.54 Å². The number of hydrogen-bond donors (Lipinski definition) is 0. The van der Waals surface area contributed by atoms with Crippen molar-refractivity contribution in [3.63, 3.8) is 0 Å². The van der Waals surface area contributed by atoms with E-state index in [9.17, 15) is 23.3 Å². The first-order valence-corrected chi connectivity index (χ1v) is 9.51. The van der Waals surface area contributed by atoms with Gasteiger partial charge in [0.2, 0.25) is 0 Å². The minimum atomic E-state index is -4.27. The van der Waals surface area contributed by atoms with Crippen LogP contribution in [0.4, 0.5) is 11.4 Å². The number of nitro benzene ring substituents is 1. The number of para-hydroxylation sites is 1. The monoisotopic (exact) mass is 442 g/mol. The smallest absolute Gasteiger partial charge is 0.326 e. The van der Waals surface area contributed by atoms with Gasteiger partial charge in [0.05, 0.1) is 22.6 Å². The van der Waals surface area contributed by atoms with Crippen LogP contribution in [0.15, 0.2) is 51.8 Å². The quantitative estimate of drug-likeness (QED) is 0.386. The number of nitrogens with zero attached hydrogens (tertiary/aromatic N) is 2. The zero-order valence-corrected chi connectivity index (χ0v) is 16.3. The lowest BCUT2D eigenvalue weighted by molar-refractivity contribution is -0.385. The predicted molar refractivity (Wildman–Crippen MR) is 98.5 cm³/mol. The van der Waals surface area contributed by atoms with Crippen molar-refractivity contribution < 1.29 is 22.9 Å². The third kappa shape index (κ3) is 4.02. The minimum Gasteiger partial charge on any atom is -0.468 e. The van der Waals surface area contributed by atoms with Crippen LogP contribution in [0.3, 0.4) is 0 Å². The molecule has 0 saturated carbocycles. The summed E-state index contributed by atoms with van der Waals surface area (Å²) in [4.78, 5) is 21.9. The highest BCUT2D eigenvalue weighted by molar-refractivity contribution is 9.10. The van der Waals surface area contributed by atoms with Crippen molar-refractivity contribution in [1.29, 1.82) is 0 Å². The molecule has 0 saturated heterocycles. The van der Waals surface area contributed by atoms with E-state index in [4.69, 9.17) is 0 Å². The Morgan fingerprint density at radius 2 is 1.92 bits per heavy atom. The summed E-state index contributed by atoms with van der Waals surface area (Å²) in [6, 6.07) is 9.98. The number of sulfonamides is 1. The summed E-state index contributed by atoms with van der Waals surface area (Å²) >= 11 is 3.26. The third-order valence-corrected chi connectivity index (χ3v) is 6.14. The summed E-state index contributed by atoms with van der Waals surface area (Å²) in [5.41, 5.74) is 0.167. The molecule has 0 aliphatic carbocycles. The van der Waals surface area contributed by atoms with Gasteiger partial charge in [-0.3, -0.25) is 19.2 Å². The molecule has 10 heteroatoms. The minimum absolute atomic E-state index is 0.212. The van der Waals surface area contributed by atoms with Crippen LogP contribution in [0, 0.1) is 17.0 Å². The maximum atomic E-state index is 13.2. The Morgan fingerprint density at radius 1 is 1.27 bits per heavy atom. The normalized spacial score (nSPS) is 11.0. The molecule has 0 heterocycles. The van der Waals surface area contributed by atoms with Crippen LogP contribution in [-0.4, -0.2) is 33.0 Å². The Kier molecular flexibility index (Phi) is 5.98. The van der Waals surface area contributed by atoms with Crippen molar-refractivity contribution in [1.82, 2.24) is 0 Å². The molecule has 0 aromatic heterocycles. The molecule has 0 spiro atoms. The van der Waals surface area contributed by atoms with Crippen LogP contribution >= 0.6 is 15.9 Å². The van der Waals surface area contributed by atoms with Gasteiger partial charge in [-0.2, -0.15) is 0 Å². The SMILES string of the molecule is COC(=O)CN(c1ccccc1Br)S(=O)(=O)c1cc([N+](=O)[O-])ccc1C. The fourth-order valence-corrected chi connectivity index (χ4v) is 4.53. The molecule has 0 N–H and O–H groups in total. The molecule has 26 heavy (non-hydrogen) atoms. The Labute approximate surface area is 158 Å². The lowest BCUT2D eigenvalue weighted by Crippen LogP contribution is -2.37. The van der Waals surface area contributed by atoms with E-state index in [1.54, 1.807) is 18.2 Å². The van der Waals surface area contributed by atoms with E-state index in [0.717, 1.165) is 17.5 Å². The van der Waals surface area contributed by atoms with Gasteiger partial charge in [0.15, 0.2) is 0 Å². The van der Waals surface area contributed by atoms with Gasteiger partial charge in [0, 0.05) is 16.6 Å². The molecule has 0 unspecified atom stereocenters. The number of carbonyl (C=O) groups excluding carboxylic acids is 1. The fourth-order valence-electron chi connectivity index (χ4n) is 2.23. The molecule has 138 valence electrons. The number of halogens is 1. The Balaban J connectivity index is 2.67. The van der Waals surface area contributed by atoms with Gasteiger partial charge in [-0.1, -0.05) is 18.2 Å². The average molecular weight is 443 g/mol. The van der Waals surface area contributed by atoms with E-state index in [2.05, 4.69) is 20.7 Å². The van der Waals surface area contributed by atoms with Crippen LogP contribution in [0.5, 0.6) is 0 Å². The number of esters is 1. The Morgan fingerprint density at radius 3 is 2.50 bits per heavy atom. The summed E-state index contributed by atoms with van der Waals surface area (Å²) in [6.45, 7) is 0.941. The number of hydrogen-bond acceptors (Lipinski definition) is 6. The molecule has 0 amide bonds. The van der Waals surface area contributed by atoms with Crippen molar-refractivity contribution in [3.8, 4) is 0 Å². The first-order chi connectivity index (χ1) is 12.2. The second-order valence-corrected chi connectivity index (χ2v) is 7.93. The highest BCUT2D eigenvalue weighted by Gasteiger charge is 2.31. The van der Waals surface area contributed by atoms with Crippen LogP contribution < -0.4 is 4.31 Å². The van der Waals surface area contributed by atoms with Gasteiger partial charge in [-0.25, -0.2) is 8.42 Å². The maximum absolute atomic E-state index is 13.2. The van der Waals surface area contributed by atoms with Gasteiger partial charge in [-0.05, 0) is 40.5 Å². The number of benzene rings is 2. The second kappa shape index (κ2) is 7.83. The highest BCUT2D eigenvalue weighted by atomic mass is 79.9. The summed E-state index contributed by atoms with van der Waals surface area (Å²) in [7, 11) is -3.13.